The van der Waals surface area contributed by atoms with Crippen molar-refractivity contribution < 1.29 is 0 Å². The van der Waals surface area contributed by atoms with Gasteiger partial charge in [0.1, 0.15) is 0 Å². The minimum atomic E-state index is 0.805. The first-order valence-electron chi connectivity index (χ1n) is 4.68. The quantitative estimate of drug-likeness (QED) is 0.770. The topological polar surface area (TPSA) is 42.2 Å². The molecule has 0 spiro atoms. The average Bonchev–Trinajstić information content (AvgIpc) is 2.49. The lowest BCUT2D eigenvalue weighted by atomic mass is 10.3. The summed E-state index contributed by atoms with van der Waals surface area (Å²) < 4.78 is 1.87. The summed E-state index contributed by atoms with van der Waals surface area (Å²) in [6.45, 7) is 4.85. The summed E-state index contributed by atoms with van der Waals surface area (Å²) in [5, 5.41) is 7.40. The van der Waals surface area contributed by atoms with Crippen molar-refractivity contribution in [3.8, 4) is 0 Å². The molecule has 0 bridgehead atoms. The normalized spacial score (nSPS) is 11.1. The molecule has 2 heterocycles. The van der Waals surface area contributed by atoms with Crippen LogP contribution in [0.5, 0.6) is 0 Å². The van der Waals surface area contributed by atoms with E-state index in [9.17, 15) is 0 Å². The first kappa shape index (κ1) is 9.15. The fourth-order valence-electron chi connectivity index (χ4n) is 1.63. The Balaban J connectivity index is 2.66. The van der Waals surface area contributed by atoms with Crippen LogP contribution in [0.2, 0.25) is 0 Å². The predicted molar refractivity (Wildman–Crippen MR) is 55.2 cm³/mol. The maximum Gasteiger partial charge on any atom is 0.159 e. The van der Waals surface area contributed by atoms with Crippen LogP contribution >= 0.6 is 0 Å². The number of hydrogen-bond donors (Lipinski definition) is 1. The number of fused-ring (bicyclic) bond motifs is 1. The molecular formula is C10H14N4. The minimum absolute atomic E-state index is 0.805. The van der Waals surface area contributed by atoms with Crippen LogP contribution < -0.4 is 5.32 Å². The van der Waals surface area contributed by atoms with Crippen molar-refractivity contribution in [1.82, 2.24) is 19.9 Å². The average molecular weight is 190 g/mol. The van der Waals surface area contributed by atoms with Crippen molar-refractivity contribution in [1.29, 1.82) is 0 Å². The molecule has 74 valence electrons. The lowest BCUT2D eigenvalue weighted by Crippen LogP contribution is -2.06. The zero-order valence-electron chi connectivity index (χ0n) is 8.70. The van der Waals surface area contributed by atoms with Crippen LogP contribution in [0.15, 0.2) is 12.3 Å². The maximum atomic E-state index is 4.48. The van der Waals surface area contributed by atoms with Gasteiger partial charge in [-0.1, -0.05) is 0 Å². The van der Waals surface area contributed by atoms with E-state index in [1.165, 1.54) is 0 Å². The van der Waals surface area contributed by atoms with Crippen molar-refractivity contribution in [3.63, 3.8) is 0 Å². The van der Waals surface area contributed by atoms with E-state index in [2.05, 4.69) is 15.4 Å². The molecule has 1 N–H and O–H groups in total. The summed E-state index contributed by atoms with van der Waals surface area (Å²) in [6, 6.07) is 2.03. The molecule has 4 heteroatoms. The van der Waals surface area contributed by atoms with Gasteiger partial charge in [-0.15, -0.1) is 0 Å². The highest BCUT2D eigenvalue weighted by molar-refractivity contribution is 5.47. The van der Waals surface area contributed by atoms with E-state index in [-0.39, 0.29) is 0 Å². The molecule has 0 saturated carbocycles. The van der Waals surface area contributed by atoms with Gasteiger partial charge in [0.25, 0.3) is 0 Å². The highest BCUT2D eigenvalue weighted by Gasteiger charge is 2.06. The van der Waals surface area contributed by atoms with Gasteiger partial charge in [-0.05, 0) is 27.0 Å². The second-order valence-electron chi connectivity index (χ2n) is 3.47. The molecule has 0 unspecified atom stereocenters. The molecule has 0 aliphatic carbocycles. The maximum absolute atomic E-state index is 4.48. The van der Waals surface area contributed by atoms with Crippen molar-refractivity contribution in [3.05, 3.63) is 29.2 Å². The van der Waals surface area contributed by atoms with Crippen molar-refractivity contribution in [2.24, 2.45) is 0 Å². The Morgan fingerprint density at radius 2 is 2.21 bits per heavy atom. The predicted octanol–water partition coefficient (Wildman–Crippen LogP) is 1.07. The van der Waals surface area contributed by atoms with E-state index >= 15 is 0 Å². The Hall–Kier alpha value is -1.42. The van der Waals surface area contributed by atoms with Crippen molar-refractivity contribution in [2.45, 2.75) is 20.4 Å². The molecule has 4 nitrogen and oxygen atoms in total. The summed E-state index contributed by atoms with van der Waals surface area (Å²) in [5.74, 6) is 0. The first-order chi connectivity index (χ1) is 6.72. The Kier molecular flexibility index (Phi) is 2.21. The standard InChI is InChI=1S/C10H14N4/c1-7-4-8(2)14-10(13-7)9(5-11-3)6-12-14/h4,6,11H,5H2,1-3H3. The fraction of sp³-hybridized carbons (Fsp3) is 0.400. The molecule has 2 aromatic heterocycles. The van der Waals surface area contributed by atoms with Gasteiger partial charge in [-0.2, -0.15) is 5.10 Å². The lowest BCUT2D eigenvalue weighted by Gasteiger charge is -2.01. The van der Waals surface area contributed by atoms with E-state index in [1.54, 1.807) is 0 Å². The van der Waals surface area contributed by atoms with Crippen LogP contribution in [-0.2, 0) is 6.54 Å². The summed E-state index contributed by atoms with van der Waals surface area (Å²) >= 11 is 0. The summed E-state index contributed by atoms with van der Waals surface area (Å²) in [5.41, 5.74) is 4.25. The smallest absolute Gasteiger partial charge is 0.159 e. The first-order valence-corrected chi connectivity index (χ1v) is 4.68. The zero-order chi connectivity index (χ0) is 10.1. The fourth-order valence-corrected chi connectivity index (χ4v) is 1.63. The summed E-state index contributed by atoms with van der Waals surface area (Å²) in [4.78, 5) is 4.48. The lowest BCUT2D eigenvalue weighted by molar-refractivity contribution is 0.820. The molecule has 0 aromatic carbocycles. The molecule has 0 aliphatic heterocycles. The van der Waals surface area contributed by atoms with Crippen molar-refractivity contribution in [2.75, 3.05) is 7.05 Å². The molecule has 0 aliphatic rings. The largest absolute Gasteiger partial charge is 0.315 e. The second-order valence-corrected chi connectivity index (χ2v) is 3.47. The van der Waals surface area contributed by atoms with Gasteiger partial charge >= 0.3 is 0 Å². The van der Waals surface area contributed by atoms with Crippen molar-refractivity contribution >= 4 is 5.65 Å². The van der Waals surface area contributed by atoms with E-state index < -0.39 is 0 Å². The van der Waals surface area contributed by atoms with E-state index in [4.69, 9.17) is 0 Å². The van der Waals surface area contributed by atoms with Crippen LogP contribution in [0.3, 0.4) is 0 Å². The monoisotopic (exact) mass is 190 g/mol. The molecule has 2 rings (SSSR count). The molecule has 2 aromatic rings. The number of aromatic nitrogens is 3. The third-order valence-corrected chi connectivity index (χ3v) is 2.22. The minimum Gasteiger partial charge on any atom is -0.315 e. The number of hydrogen-bond acceptors (Lipinski definition) is 3. The Labute approximate surface area is 83.0 Å². The van der Waals surface area contributed by atoms with Crippen LogP contribution in [0.4, 0.5) is 0 Å². The summed E-state index contributed by atoms with van der Waals surface area (Å²) in [7, 11) is 1.92. The number of aryl methyl sites for hydroxylation is 2. The third-order valence-electron chi connectivity index (χ3n) is 2.22. The molecule has 0 saturated heterocycles. The molecule has 0 atom stereocenters. The van der Waals surface area contributed by atoms with E-state index in [1.807, 2.05) is 37.7 Å². The van der Waals surface area contributed by atoms with Gasteiger partial charge in [0.15, 0.2) is 5.65 Å². The van der Waals surface area contributed by atoms with Gasteiger partial charge in [-0.25, -0.2) is 9.50 Å². The highest BCUT2D eigenvalue weighted by Crippen LogP contribution is 2.11. The van der Waals surface area contributed by atoms with Crippen LogP contribution in [-0.4, -0.2) is 21.6 Å². The van der Waals surface area contributed by atoms with Gasteiger partial charge in [0.05, 0.1) is 6.20 Å². The molecule has 0 radical (unpaired) electrons. The van der Waals surface area contributed by atoms with Crippen LogP contribution in [0.25, 0.3) is 5.65 Å². The number of nitrogens with one attached hydrogen (secondary N) is 1. The third kappa shape index (κ3) is 1.37. The van der Waals surface area contributed by atoms with E-state index in [0.29, 0.717) is 0 Å². The van der Waals surface area contributed by atoms with Crippen LogP contribution in [0.1, 0.15) is 17.0 Å². The van der Waals surface area contributed by atoms with Gasteiger partial charge < -0.3 is 5.32 Å². The Morgan fingerprint density at radius 3 is 2.93 bits per heavy atom. The second kappa shape index (κ2) is 3.38. The van der Waals surface area contributed by atoms with Gasteiger partial charge in [-0.3, -0.25) is 0 Å². The SMILES string of the molecule is CNCc1cnn2c(C)cc(C)nc12. The molecule has 14 heavy (non-hydrogen) atoms. The van der Waals surface area contributed by atoms with Crippen LogP contribution in [0, 0.1) is 13.8 Å². The zero-order valence-corrected chi connectivity index (χ0v) is 8.70. The Morgan fingerprint density at radius 1 is 1.43 bits per heavy atom. The molecule has 0 amide bonds. The summed E-state index contributed by atoms with van der Waals surface area (Å²) in [6.07, 6.45) is 1.87. The molecular weight excluding hydrogens is 176 g/mol. The number of rotatable bonds is 2. The van der Waals surface area contributed by atoms with Gasteiger partial charge in [0, 0.05) is 23.5 Å². The van der Waals surface area contributed by atoms with E-state index in [0.717, 1.165) is 29.1 Å². The highest BCUT2D eigenvalue weighted by atomic mass is 15.3. The molecule has 0 fully saturated rings. The Bertz CT molecular complexity index is 458. The van der Waals surface area contributed by atoms with Gasteiger partial charge in [0.2, 0.25) is 0 Å². The number of nitrogens with zero attached hydrogens (tertiary/aromatic N) is 3.